The van der Waals surface area contributed by atoms with Gasteiger partial charge in [0, 0.05) is 12.1 Å². The zero-order valence-electron chi connectivity index (χ0n) is 9.19. The van der Waals surface area contributed by atoms with Gasteiger partial charge in [-0.3, -0.25) is 4.79 Å². The molecule has 0 saturated carbocycles. The molecule has 0 unspecified atom stereocenters. The molecule has 16 heavy (non-hydrogen) atoms. The number of hydrogen-bond donors (Lipinski definition) is 2. The van der Waals surface area contributed by atoms with E-state index >= 15 is 0 Å². The van der Waals surface area contributed by atoms with E-state index in [1.807, 2.05) is 12.1 Å². The Bertz CT molecular complexity index is 370. The fourth-order valence-electron chi connectivity index (χ4n) is 1.21. The minimum Gasteiger partial charge on any atom is -0.494 e. The second-order valence-corrected chi connectivity index (χ2v) is 3.50. The topological polar surface area (TPSA) is 70.4 Å². The maximum Gasteiger partial charge on any atom is 0.303 e. The van der Waals surface area contributed by atoms with Crippen molar-refractivity contribution in [2.75, 3.05) is 6.61 Å². The molecular weight excluding hydrogens is 206 g/mol. The van der Waals surface area contributed by atoms with Crippen molar-refractivity contribution in [2.45, 2.75) is 19.8 Å². The average Bonchev–Trinajstić information content (AvgIpc) is 2.25. The van der Waals surface area contributed by atoms with E-state index in [1.54, 1.807) is 19.1 Å². The monoisotopic (exact) mass is 221 g/mol. The second-order valence-electron chi connectivity index (χ2n) is 3.50. The van der Waals surface area contributed by atoms with Gasteiger partial charge >= 0.3 is 5.97 Å². The van der Waals surface area contributed by atoms with E-state index in [9.17, 15) is 4.79 Å². The molecule has 1 rings (SSSR count). The van der Waals surface area contributed by atoms with Gasteiger partial charge in [0.1, 0.15) is 5.75 Å². The van der Waals surface area contributed by atoms with Crippen LogP contribution >= 0.6 is 0 Å². The molecule has 0 radical (unpaired) electrons. The Morgan fingerprint density at radius 1 is 1.38 bits per heavy atom. The van der Waals surface area contributed by atoms with E-state index in [-0.39, 0.29) is 6.42 Å². The zero-order chi connectivity index (χ0) is 12.0. The summed E-state index contributed by atoms with van der Waals surface area (Å²) in [4.78, 5) is 10.3. The molecule has 0 amide bonds. The standard InChI is InChI=1S/C12H15NO3/c1-9(13)10-4-6-11(7-5-10)16-8-2-3-12(14)15/h4-7,13H,2-3,8H2,1H3,(H,14,15). The van der Waals surface area contributed by atoms with Gasteiger partial charge in [0.2, 0.25) is 0 Å². The Kier molecular flexibility index (Phi) is 4.51. The minimum atomic E-state index is -0.807. The van der Waals surface area contributed by atoms with Crippen LogP contribution in [-0.2, 0) is 4.79 Å². The lowest BCUT2D eigenvalue weighted by atomic mass is 10.1. The van der Waals surface area contributed by atoms with Crippen molar-refractivity contribution in [1.82, 2.24) is 0 Å². The Morgan fingerprint density at radius 3 is 2.50 bits per heavy atom. The molecule has 0 fully saturated rings. The number of nitrogens with one attached hydrogen (secondary N) is 1. The van der Waals surface area contributed by atoms with E-state index in [1.165, 1.54) is 0 Å². The fraction of sp³-hybridized carbons (Fsp3) is 0.333. The summed E-state index contributed by atoms with van der Waals surface area (Å²) < 4.78 is 5.36. The first-order valence-corrected chi connectivity index (χ1v) is 5.10. The van der Waals surface area contributed by atoms with E-state index in [2.05, 4.69) is 0 Å². The van der Waals surface area contributed by atoms with Crippen LogP contribution in [0.1, 0.15) is 25.3 Å². The normalized spacial score (nSPS) is 9.81. The van der Waals surface area contributed by atoms with Crippen LogP contribution in [0.25, 0.3) is 0 Å². The molecule has 0 saturated heterocycles. The Hall–Kier alpha value is -1.84. The summed E-state index contributed by atoms with van der Waals surface area (Å²) in [6, 6.07) is 7.20. The first kappa shape index (κ1) is 12.2. The van der Waals surface area contributed by atoms with Crippen LogP contribution in [0.4, 0.5) is 0 Å². The highest BCUT2D eigenvalue weighted by Crippen LogP contribution is 2.12. The van der Waals surface area contributed by atoms with Gasteiger partial charge in [0.15, 0.2) is 0 Å². The van der Waals surface area contributed by atoms with Crippen molar-refractivity contribution in [3.63, 3.8) is 0 Å². The van der Waals surface area contributed by atoms with E-state index in [0.717, 1.165) is 5.56 Å². The zero-order valence-corrected chi connectivity index (χ0v) is 9.19. The van der Waals surface area contributed by atoms with Crippen LogP contribution < -0.4 is 4.74 Å². The van der Waals surface area contributed by atoms with Crippen LogP contribution in [0.2, 0.25) is 0 Å². The number of aliphatic carboxylic acids is 1. The average molecular weight is 221 g/mol. The minimum absolute atomic E-state index is 0.123. The van der Waals surface area contributed by atoms with Crippen molar-refractivity contribution in [3.8, 4) is 5.75 Å². The number of carboxylic acids is 1. The third kappa shape index (κ3) is 4.13. The predicted molar refractivity (Wildman–Crippen MR) is 61.3 cm³/mol. The van der Waals surface area contributed by atoms with E-state index in [4.69, 9.17) is 15.3 Å². The molecule has 1 aromatic rings. The molecule has 0 atom stereocenters. The molecule has 0 aliphatic heterocycles. The fourth-order valence-corrected chi connectivity index (χ4v) is 1.21. The van der Waals surface area contributed by atoms with Gasteiger partial charge in [-0.05, 0) is 43.2 Å². The molecule has 0 aromatic heterocycles. The second kappa shape index (κ2) is 5.90. The largest absolute Gasteiger partial charge is 0.494 e. The molecule has 0 aliphatic carbocycles. The van der Waals surface area contributed by atoms with Gasteiger partial charge < -0.3 is 15.3 Å². The third-order valence-corrected chi connectivity index (χ3v) is 2.09. The summed E-state index contributed by atoms with van der Waals surface area (Å²) in [5, 5.41) is 15.8. The number of carboxylic acid groups (broad SMARTS) is 1. The van der Waals surface area contributed by atoms with E-state index < -0.39 is 5.97 Å². The highest BCUT2D eigenvalue weighted by atomic mass is 16.5. The van der Waals surface area contributed by atoms with Gasteiger partial charge in [0.05, 0.1) is 6.61 Å². The lowest BCUT2D eigenvalue weighted by molar-refractivity contribution is -0.137. The van der Waals surface area contributed by atoms with Crippen LogP contribution in [0.5, 0.6) is 5.75 Å². The Balaban J connectivity index is 2.38. The van der Waals surface area contributed by atoms with Gasteiger partial charge in [-0.25, -0.2) is 0 Å². The van der Waals surface area contributed by atoms with Crippen LogP contribution in [0, 0.1) is 5.41 Å². The molecule has 2 N–H and O–H groups in total. The number of hydrogen-bond acceptors (Lipinski definition) is 3. The summed E-state index contributed by atoms with van der Waals surface area (Å²) in [7, 11) is 0. The first-order chi connectivity index (χ1) is 7.59. The van der Waals surface area contributed by atoms with Gasteiger partial charge in [-0.15, -0.1) is 0 Å². The van der Waals surface area contributed by atoms with Gasteiger partial charge in [0.25, 0.3) is 0 Å². The van der Waals surface area contributed by atoms with Crippen molar-refractivity contribution in [2.24, 2.45) is 0 Å². The lowest BCUT2D eigenvalue weighted by Crippen LogP contribution is -2.02. The third-order valence-electron chi connectivity index (χ3n) is 2.09. The van der Waals surface area contributed by atoms with Crippen LogP contribution in [0.15, 0.2) is 24.3 Å². The van der Waals surface area contributed by atoms with Crippen LogP contribution in [0.3, 0.4) is 0 Å². The Labute approximate surface area is 94.4 Å². The van der Waals surface area contributed by atoms with E-state index in [0.29, 0.717) is 24.5 Å². The van der Waals surface area contributed by atoms with Crippen LogP contribution in [-0.4, -0.2) is 23.4 Å². The molecule has 0 bridgehead atoms. The first-order valence-electron chi connectivity index (χ1n) is 5.10. The number of carbonyl (C=O) groups is 1. The number of ether oxygens (including phenoxy) is 1. The molecule has 4 heteroatoms. The molecule has 0 heterocycles. The van der Waals surface area contributed by atoms with Gasteiger partial charge in [-0.1, -0.05) is 0 Å². The molecule has 86 valence electrons. The summed E-state index contributed by atoms with van der Waals surface area (Å²) >= 11 is 0. The summed E-state index contributed by atoms with van der Waals surface area (Å²) in [6.45, 7) is 2.12. The SMILES string of the molecule is CC(=N)c1ccc(OCCCC(=O)O)cc1. The maximum absolute atomic E-state index is 10.3. The molecular formula is C12H15NO3. The Morgan fingerprint density at radius 2 is 2.00 bits per heavy atom. The molecule has 0 spiro atoms. The van der Waals surface area contributed by atoms with Crippen molar-refractivity contribution in [1.29, 1.82) is 5.41 Å². The van der Waals surface area contributed by atoms with Gasteiger partial charge in [-0.2, -0.15) is 0 Å². The maximum atomic E-state index is 10.3. The summed E-state index contributed by atoms with van der Waals surface area (Å²) in [6.07, 6.45) is 0.623. The molecule has 4 nitrogen and oxygen atoms in total. The van der Waals surface area contributed by atoms with Crippen molar-refractivity contribution < 1.29 is 14.6 Å². The molecule has 0 aliphatic rings. The summed E-state index contributed by atoms with van der Waals surface area (Å²) in [5.41, 5.74) is 1.37. The highest BCUT2D eigenvalue weighted by molar-refractivity contribution is 5.96. The predicted octanol–water partition coefficient (Wildman–Crippen LogP) is 2.32. The molecule has 1 aromatic carbocycles. The van der Waals surface area contributed by atoms with Crippen molar-refractivity contribution in [3.05, 3.63) is 29.8 Å². The van der Waals surface area contributed by atoms with Crippen molar-refractivity contribution >= 4 is 11.7 Å². The quantitative estimate of drug-likeness (QED) is 0.572. The lowest BCUT2D eigenvalue weighted by Gasteiger charge is -2.05. The highest BCUT2D eigenvalue weighted by Gasteiger charge is 1.99. The summed E-state index contributed by atoms with van der Waals surface area (Å²) in [5.74, 6) is -0.103. The smallest absolute Gasteiger partial charge is 0.303 e. The number of benzene rings is 1. The number of rotatable bonds is 6.